The second kappa shape index (κ2) is 5.54. The zero-order valence-electron chi connectivity index (χ0n) is 11.2. The number of fused-ring (bicyclic) bond motifs is 1. The van der Waals surface area contributed by atoms with Gasteiger partial charge >= 0.3 is 6.03 Å². The number of aromatic nitrogens is 2. The van der Waals surface area contributed by atoms with E-state index >= 15 is 0 Å². The highest BCUT2D eigenvalue weighted by Crippen LogP contribution is 2.16. The van der Waals surface area contributed by atoms with Crippen LogP contribution in [-0.4, -0.2) is 15.4 Å². The Balaban J connectivity index is 1.77. The molecule has 7 heteroatoms. The molecule has 0 aliphatic carbocycles. The van der Waals surface area contributed by atoms with E-state index in [4.69, 9.17) is 5.26 Å². The van der Waals surface area contributed by atoms with Crippen molar-refractivity contribution in [2.75, 3.05) is 10.6 Å². The standard InChI is InChI=1S/C15H10FN5O/c16-12-5-6-14(21-9-18-8-13(12)21)20-15(22)19-11-3-1-10(7-17)2-4-11/h1-6,8-9H,(H2,19,20,22). The third kappa shape index (κ3) is 2.58. The number of amides is 2. The molecule has 2 heterocycles. The van der Waals surface area contributed by atoms with Gasteiger partial charge in [-0.25, -0.2) is 14.2 Å². The molecule has 0 spiro atoms. The molecule has 3 rings (SSSR count). The van der Waals surface area contributed by atoms with E-state index < -0.39 is 11.8 Å². The van der Waals surface area contributed by atoms with Crippen LogP contribution in [0.15, 0.2) is 48.9 Å². The molecule has 2 N–H and O–H groups in total. The summed E-state index contributed by atoms with van der Waals surface area (Å²) in [5.74, 6) is -0.0319. The summed E-state index contributed by atoms with van der Waals surface area (Å²) in [6.07, 6.45) is 2.79. The van der Waals surface area contributed by atoms with Gasteiger partial charge in [-0.2, -0.15) is 5.26 Å². The molecular weight excluding hydrogens is 285 g/mol. The SMILES string of the molecule is N#Cc1ccc(NC(=O)Nc2ccc(F)c3cncn23)cc1. The maximum absolute atomic E-state index is 13.5. The van der Waals surface area contributed by atoms with Gasteiger partial charge < -0.3 is 5.32 Å². The number of anilines is 2. The third-order valence-electron chi connectivity index (χ3n) is 3.04. The van der Waals surface area contributed by atoms with Gasteiger partial charge in [0.1, 0.15) is 23.5 Å². The number of carbonyl (C=O) groups excluding carboxylic acids is 1. The van der Waals surface area contributed by atoms with Gasteiger partial charge in [-0.15, -0.1) is 0 Å². The molecule has 0 atom stereocenters. The van der Waals surface area contributed by atoms with Gasteiger partial charge in [-0.3, -0.25) is 9.72 Å². The predicted molar refractivity (Wildman–Crippen MR) is 78.9 cm³/mol. The quantitative estimate of drug-likeness (QED) is 0.762. The molecule has 0 unspecified atom stereocenters. The lowest BCUT2D eigenvalue weighted by Crippen LogP contribution is -2.20. The molecule has 2 amide bonds. The summed E-state index contributed by atoms with van der Waals surface area (Å²) in [6.45, 7) is 0. The first-order chi connectivity index (χ1) is 10.7. The largest absolute Gasteiger partial charge is 0.324 e. The zero-order valence-corrected chi connectivity index (χ0v) is 11.2. The van der Waals surface area contributed by atoms with E-state index in [2.05, 4.69) is 15.6 Å². The minimum Gasteiger partial charge on any atom is -0.308 e. The number of halogens is 1. The number of benzene rings is 1. The van der Waals surface area contributed by atoms with Crippen LogP contribution >= 0.6 is 0 Å². The maximum Gasteiger partial charge on any atom is 0.324 e. The van der Waals surface area contributed by atoms with Crippen LogP contribution in [0.2, 0.25) is 0 Å². The van der Waals surface area contributed by atoms with E-state index in [1.807, 2.05) is 6.07 Å². The number of nitrogens with zero attached hydrogens (tertiary/aromatic N) is 3. The summed E-state index contributed by atoms with van der Waals surface area (Å²) >= 11 is 0. The predicted octanol–water partition coefficient (Wildman–Crippen LogP) is 2.99. The molecule has 2 aromatic heterocycles. The van der Waals surface area contributed by atoms with Crippen molar-refractivity contribution in [1.29, 1.82) is 5.26 Å². The van der Waals surface area contributed by atoms with Crippen LogP contribution < -0.4 is 10.6 Å². The molecule has 0 bridgehead atoms. The van der Waals surface area contributed by atoms with Crippen molar-refractivity contribution in [2.45, 2.75) is 0 Å². The van der Waals surface area contributed by atoms with Gasteiger partial charge in [0.15, 0.2) is 0 Å². The number of imidazole rings is 1. The molecule has 0 saturated carbocycles. The summed E-state index contributed by atoms with van der Waals surface area (Å²) in [7, 11) is 0. The van der Waals surface area contributed by atoms with Crippen LogP contribution in [0.25, 0.3) is 5.52 Å². The number of rotatable bonds is 2. The second-order valence-corrected chi connectivity index (χ2v) is 4.48. The Labute approximate surface area is 124 Å². The molecule has 6 nitrogen and oxygen atoms in total. The average molecular weight is 295 g/mol. The van der Waals surface area contributed by atoms with Gasteiger partial charge in [0.05, 0.1) is 17.8 Å². The van der Waals surface area contributed by atoms with E-state index in [1.54, 1.807) is 24.3 Å². The van der Waals surface area contributed by atoms with Gasteiger partial charge in [0, 0.05) is 5.69 Å². The number of hydrogen-bond acceptors (Lipinski definition) is 3. The molecule has 22 heavy (non-hydrogen) atoms. The number of hydrogen-bond donors (Lipinski definition) is 2. The first kappa shape index (κ1) is 13.6. The normalized spacial score (nSPS) is 10.2. The lowest BCUT2D eigenvalue weighted by molar-refractivity contribution is 0.262. The molecule has 3 aromatic rings. The minimum absolute atomic E-state index is 0.274. The Morgan fingerprint density at radius 1 is 1.18 bits per heavy atom. The van der Waals surface area contributed by atoms with E-state index in [0.29, 0.717) is 17.1 Å². The van der Waals surface area contributed by atoms with Crippen molar-refractivity contribution in [3.8, 4) is 6.07 Å². The Bertz CT molecular complexity index is 879. The van der Waals surface area contributed by atoms with Crippen molar-refractivity contribution in [1.82, 2.24) is 9.38 Å². The molecule has 0 aliphatic rings. The van der Waals surface area contributed by atoms with Crippen LogP contribution in [0.4, 0.5) is 20.7 Å². The Morgan fingerprint density at radius 2 is 1.95 bits per heavy atom. The fourth-order valence-corrected chi connectivity index (χ4v) is 1.99. The zero-order chi connectivity index (χ0) is 15.5. The summed E-state index contributed by atoms with van der Waals surface area (Å²) in [5, 5.41) is 14.0. The van der Waals surface area contributed by atoms with Crippen molar-refractivity contribution in [3.05, 3.63) is 60.3 Å². The maximum atomic E-state index is 13.5. The summed E-state index contributed by atoms with van der Waals surface area (Å²) < 4.78 is 15.0. The highest BCUT2D eigenvalue weighted by molar-refractivity contribution is 5.99. The van der Waals surface area contributed by atoms with E-state index in [-0.39, 0.29) is 5.52 Å². The van der Waals surface area contributed by atoms with Crippen LogP contribution in [0.1, 0.15) is 5.56 Å². The van der Waals surface area contributed by atoms with Gasteiger partial charge in [0.2, 0.25) is 0 Å². The van der Waals surface area contributed by atoms with Crippen molar-refractivity contribution >= 4 is 23.1 Å². The van der Waals surface area contributed by atoms with Crippen molar-refractivity contribution in [3.63, 3.8) is 0 Å². The van der Waals surface area contributed by atoms with Crippen LogP contribution in [-0.2, 0) is 0 Å². The number of nitrogens with one attached hydrogen (secondary N) is 2. The minimum atomic E-state index is -0.480. The van der Waals surface area contributed by atoms with Crippen molar-refractivity contribution < 1.29 is 9.18 Å². The average Bonchev–Trinajstić information content (AvgIpc) is 3.01. The third-order valence-corrected chi connectivity index (χ3v) is 3.04. The number of nitriles is 1. The second-order valence-electron chi connectivity index (χ2n) is 4.48. The highest BCUT2D eigenvalue weighted by atomic mass is 19.1. The Hall–Kier alpha value is -3.40. The van der Waals surface area contributed by atoms with E-state index in [1.165, 1.54) is 29.1 Å². The fourth-order valence-electron chi connectivity index (χ4n) is 1.99. The van der Waals surface area contributed by atoms with Crippen molar-refractivity contribution in [2.24, 2.45) is 0 Å². The van der Waals surface area contributed by atoms with Crippen LogP contribution in [0.5, 0.6) is 0 Å². The number of urea groups is 1. The fraction of sp³-hybridized carbons (Fsp3) is 0. The first-order valence-corrected chi connectivity index (χ1v) is 6.36. The Morgan fingerprint density at radius 3 is 2.68 bits per heavy atom. The summed E-state index contributed by atoms with van der Waals surface area (Å²) in [4.78, 5) is 15.8. The molecule has 0 aliphatic heterocycles. The lowest BCUT2D eigenvalue weighted by Gasteiger charge is -2.09. The highest BCUT2D eigenvalue weighted by Gasteiger charge is 2.09. The smallest absolute Gasteiger partial charge is 0.308 e. The van der Waals surface area contributed by atoms with E-state index in [9.17, 15) is 9.18 Å². The van der Waals surface area contributed by atoms with Gasteiger partial charge in [0.25, 0.3) is 0 Å². The van der Waals surface area contributed by atoms with Crippen LogP contribution in [0, 0.1) is 17.1 Å². The number of pyridine rings is 1. The van der Waals surface area contributed by atoms with Gasteiger partial charge in [-0.1, -0.05) is 0 Å². The molecule has 0 saturated heterocycles. The van der Waals surface area contributed by atoms with E-state index in [0.717, 1.165) is 0 Å². The van der Waals surface area contributed by atoms with Gasteiger partial charge in [-0.05, 0) is 36.4 Å². The molecule has 0 radical (unpaired) electrons. The monoisotopic (exact) mass is 295 g/mol. The summed E-state index contributed by atoms with van der Waals surface area (Å²) in [5.41, 5.74) is 1.32. The molecule has 108 valence electrons. The first-order valence-electron chi connectivity index (χ1n) is 6.36. The van der Waals surface area contributed by atoms with Crippen LogP contribution in [0.3, 0.4) is 0 Å². The lowest BCUT2D eigenvalue weighted by atomic mass is 10.2. The number of carbonyl (C=O) groups is 1. The topological polar surface area (TPSA) is 82.2 Å². The Kier molecular flexibility index (Phi) is 3.42. The molecular formula is C15H10FN5O. The molecule has 0 fully saturated rings. The molecule has 1 aromatic carbocycles. The summed E-state index contributed by atoms with van der Waals surface area (Å²) in [6, 6.07) is 10.7.